The third-order valence-corrected chi connectivity index (χ3v) is 8.47. The first-order valence-corrected chi connectivity index (χ1v) is 11.6. The smallest absolute Gasteiger partial charge is 0.0431 e. The average molecular weight is 522 g/mol. The van der Waals surface area contributed by atoms with Crippen LogP contribution in [0.3, 0.4) is 0 Å². The minimum atomic E-state index is 0.366. The van der Waals surface area contributed by atoms with Crippen molar-refractivity contribution in [3.8, 4) is 0 Å². The van der Waals surface area contributed by atoms with E-state index >= 15 is 0 Å². The zero-order chi connectivity index (χ0) is 15.8. The van der Waals surface area contributed by atoms with E-state index in [2.05, 4.69) is 52.1 Å². The normalized spacial score (nSPS) is 14.3. The predicted molar refractivity (Wildman–Crippen MR) is 113 cm³/mol. The molecule has 0 aromatic carbocycles. The van der Waals surface area contributed by atoms with Crippen LogP contribution in [0.15, 0.2) is 0 Å². The number of rotatable bonds is 16. The van der Waals surface area contributed by atoms with E-state index < -0.39 is 0 Å². The van der Waals surface area contributed by atoms with Gasteiger partial charge < -0.3 is 5.11 Å². The zero-order valence-electron chi connectivity index (χ0n) is 14.0. The molecule has 0 bridgehead atoms. The molecule has 2 atom stereocenters. The van der Waals surface area contributed by atoms with E-state index in [0.717, 1.165) is 14.3 Å². The van der Waals surface area contributed by atoms with Crippen LogP contribution in [0.1, 0.15) is 96.8 Å². The summed E-state index contributed by atoms with van der Waals surface area (Å²) in [6.07, 6.45) is 18.9. The van der Waals surface area contributed by atoms with Crippen LogP contribution in [-0.2, 0) is 0 Å². The highest BCUT2D eigenvalue weighted by Crippen LogP contribution is 2.26. The van der Waals surface area contributed by atoms with E-state index in [1.165, 1.54) is 83.5 Å². The molecule has 0 heterocycles. The lowest BCUT2D eigenvalue weighted by atomic mass is 10.0. The molecular weight excluding hydrogens is 486 g/mol. The van der Waals surface area contributed by atoms with Gasteiger partial charge in [0.25, 0.3) is 0 Å². The van der Waals surface area contributed by atoms with Gasteiger partial charge in [0.1, 0.15) is 0 Å². The molecule has 1 N–H and O–H groups in total. The second-order valence-corrected chi connectivity index (χ2v) is 9.42. The topological polar surface area (TPSA) is 20.2 Å². The first kappa shape index (κ1) is 22.4. The Morgan fingerprint density at radius 2 is 1.00 bits per heavy atom. The van der Waals surface area contributed by atoms with Crippen molar-refractivity contribution in [3.63, 3.8) is 0 Å². The number of aliphatic hydroxyl groups excluding tert-OH is 1. The third-order valence-electron chi connectivity index (χ3n) is 4.11. The molecule has 0 aliphatic heterocycles. The Morgan fingerprint density at radius 1 is 0.619 bits per heavy atom. The van der Waals surface area contributed by atoms with Crippen molar-refractivity contribution < 1.29 is 5.11 Å². The second-order valence-electron chi connectivity index (χ2n) is 6.22. The lowest BCUT2D eigenvalue weighted by Crippen LogP contribution is -2.13. The molecule has 0 spiro atoms. The van der Waals surface area contributed by atoms with Gasteiger partial charge in [0.15, 0.2) is 0 Å². The summed E-state index contributed by atoms with van der Waals surface area (Å²) in [5, 5.41) is 8.73. The van der Waals surface area contributed by atoms with E-state index in [0.29, 0.717) is 6.61 Å². The van der Waals surface area contributed by atoms with Gasteiger partial charge in [-0.25, -0.2) is 0 Å². The first-order valence-electron chi connectivity index (χ1n) is 9.11. The van der Waals surface area contributed by atoms with E-state index in [1.807, 2.05) is 0 Å². The molecule has 0 radical (unpaired) electrons. The summed E-state index contributed by atoms with van der Waals surface area (Å²) >= 11 is 5.36. The summed E-state index contributed by atoms with van der Waals surface area (Å²) in [6.45, 7) is 2.65. The molecule has 0 saturated carbocycles. The van der Waals surface area contributed by atoms with Gasteiger partial charge >= 0.3 is 0 Å². The molecule has 0 aliphatic rings. The second kappa shape index (κ2) is 17.8. The van der Waals surface area contributed by atoms with E-state index in [4.69, 9.17) is 5.11 Å². The lowest BCUT2D eigenvalue weighted by Gasteiger charge is -2.16. The largest absolute Gasteiger partial charge is 0.396 e. The molecule has 3 heteroatoms. The quantitative estimate of drug-likeness (QED) is 0.131. The van der Waals surface area contributed by atoms with Gasteiger partial charge in [0.05, 0.1) is 0 Å². The van der Waals surface area contributed by atoms with E-state index in [-0.39, 0.29) is 0 Å². The molecule has 1 nitrogen and oxygen atoms in total. The van der Waals surface area contributed by atoms with Gasteiger partial charge in [0.2, 0.25) is 0 Å². The monoisotopic (exact) mass is 522 g/mol. The standard InChI is InChI=1S/C18H36I2O/c1-2-3-4-5-8-11-14-17(19)18(20)15-12-9-6-7-10-13-16-21/h17-18,21H,2-16H2,1H3/t17-,18-/m0/s1. The maximum Gasteiger partial charge on any atom is 0.0431 e. The van der Waals surface area contributed by atoms with Gasteiger partial charge in [-0.3, -0.25) is 0 Å². The Morgan fingerprint density at radius 3 is 1.43 bits per heavy atom. The van der Waals surface area contributed by atoms with Crippen molar-refractivity contribution in [1.82, 2.24) is 0 Å². The molecule has 0 fully saturated rings. The molecule has 0 unspecified atom stereocenters. The van der Waals surface area contributed by atoms with Crippen LogP contribution >= 0.6 is 45.2 Å². The number of hydrogen-bond acceptors (Lipinski definition) is 1. The predicted octanol–water partition coefficient (Wildman–Crippen LogP) is 7.07. The van der Waals surface area contributed by atoms with Crippen LogP contribution in [0, 0.1) is 0 Å². The summed E-state index contributed by atoms with van der Waals surface area (Å²) in [4.78, 5) is 0. The summed E-state index contributed by atoms with van der Waals surface area (Å²) in [6, 6.07) is 0. The van der Waals surface area contributed by atoms with Crippen molar-refractivity contribution in [2.45, 2.75) is 105 Å². The number of aliphatic hydroxyl groups is 1. The Kier molecular flexibility index (Phi) is 19.0. The Bertz CT molecular complexity index is 200. The molecule has 0 amide bonds. The van der Waals surface area contributed by atoms with Crippen LogP contribution < -0.4 is 0 Å². The van der Waals surface area contributed by atoms with Crippen LogP contribution in [0.4, 0.5) is 0 Å². The zero-order valence-corrected chi connectivity index (χ0v) is 18.3. The van der Waals surface area contributed by atoms with Crippen molar-refractivity contribution in [3.05, 3.63) is 0 Å². The van der Waals surface area contributed by atoms with Gasteiger partial charge in [0, 0.05) is 14.5 Å². The molecule has 0 aromatic heterocycles. The highest BCUT2D eigenvalue weighted by molar-refractivity contribution is 14.1. The summed E-state index contributed by atoms with van der Waals surface area (Å²) < 4.78 is 1.72. The maximum absolute atomic E-state index is 8.73. The van der Waals surface area contributed by atoms with Crippen LogP contribution in [-0.4, -0.2) is 19.6 Å². The number of halogens is 2. The highest BCUT2D eigenvalue weighted by atomic mass is 127. The summed E-state index contributed by atoms with van der Waals surface area (Å²) in [5.74, 6) is 0. The Balaban J connectivity index is 3.34. The van der Waals surface area contributed by atoms with E-state index in [1.54, 1.807) is 0 Å². The fourth-order valence-corrected chi connectivity index (χ4v) is 4.24. The van der Waals surface area contributed by atoms with Gasteiger partial charge in [-0.2, -0.15) is 0 Å². The fourth-order valence-electron chi connectivity index (χ4n) is 2.64. The Labute approximate surface area is 160 Å². The van der Waals surface area contributed by atoms with Gasteiger partial charge in [-0.1, -0.05) is 123 Å². The molecule has 0 aromatic rings. The van der Waals surface area contributed by atoms with Crippen molar-refractivity contribution in [1.29, 1.82) is 0 Å². The average Bonchev–Trinajstić information content (AvgIpc) is 2.49. The summed E-state index contributed by atoms with van der Waals surface area (Å²) in [7, 11) is 0. The summed E-state index contributed by atoms with van der Waals surface area (Å²) in [5.41, 5.74) is 0. The number of hydrogen-bond donors (Lipinski definition) is 1. The molecule has 128 valence electrons. The Hall–Kier alpha value is 1.42. The molecule has 0 saturated heterocycles. The highest BCUT2D eigenvalue weighted by Gasteiger charge is 2.14. The SMILES string of the molecule is CCCCCCCC[C@H](I)[C@@H](I)CCCCCCCCO. The fraction of sp³-hybridized carbons (Fsp3) is 1.00. The molecular formula is C18H36I2O. The van der Waals surface area contributed by atoms with Crippen LogP contribution in [0.25, 0.3) is 0 Å². The minimum Gasteiger partial charge on any atom is -0.396 e. The van der Waals surface area contributed by atoms with Gasteiger partial charge in [-0.15, -0.1) is 0 Å². The van der Waals surface area contributed by atoms with Crippen LogP contribution in [0.2, 0.25) is 0 Å². The molecule has 0 aliphatic carbocycles. The van der Waals surface area contributed by atoms with Crippen molar-refractivity contribution >= 4 is 45.2 Å². The minimum absolute atomic E-state index is 0.366. The van der Waals surface area contributed by atoms with Crippen LogP contribution in [0.5, 0.6) is 0 Å². The molecule has 21 heavy (non-hydrogen) atoms. The molecule has 0 rings (SSSR count). The third kappa shape index (κ3) is 16.1. The number of alkyl halides is 2. The van der Waals surface area contributed by atoms with Crippen molar-refractivity contribution in [2.75, 3.05) is 6.61 Å². The van der Waals surface area contributed by atoms with Crippen molar-refractivity contribution in [2.24, 2.45) is 0 Å². The maximum atomic E-state index is 8.73. The van der Waals surface area contributed by atoms with E-state index in [9.17, 15) is 0 Å². The first-order chi connectivity index (χ1) is 10.2. The van der Waals surface area contributed by atoms with Gasteiger partial charge in [-0.05, 0) is 19.3 Å². The number of unbranched alkanes of at least 4 members (excludes halogenated alkanes) is 10. The lowest BCUT2D eigenvalue weighted by molar-refractivity contribution is 0.282.